The van der Waals surface area contributed by atoms with Gasteiger partial charge in [-0.2, -0.15) is 0 Å². The average Bonchev–Trinajstić information content (AvgIpc) is 2.47. The van der Waals surface area contributed by atoms with Crippen molar-refractivity contribution in [3.63, 3.8) is 0 Å². The van der Waals surface area contributed by atoms with Gasteiger partial charge in [0.25, 0.3) is 0 Å². The Morgan fingerprint density at radius 2 is 1.88 bits per heavy atom. The second-order valence-corrected chi connectivity index (χ2v) is 8.92. The lowest BCUT2D eigenvalue weighted by molar-refractivity contribution is -0.121. The first-order chi connectivity index (χ1) is 11.6. The number of hydrogen-bond donors (Lipinski definition) is 1. The zero-order chi connectivity index (χ0) is 18.8. The SMILES string of the molecule is Cc1ccc(S(=O)(=O)N(C)C)cc1NC(=O)CN1C[C@@H](C)O[C@H](C)C1. The molecular formula is C17H27N3O4S. The van der Waals surface area contributed by atoms with Crippen LogP contribution in [-0.2, 0) is 19.6 Å². The average molecular weight is 369 g/mol. The summed E-state index contributed by atoms with van der Waals surface area (Å²) in [7, 11) is -0.578. The lowest BCUT2D eigenvalue weighted by Gasteiger charge is -2.34. The van der Waals surface area contributed by atoms with Crippen molar-refractivity contribution in [2.45, 2.75) is 37.9 Å². The van der Waals surface area contributed by atoms with Gasteiger partial charge in [-0.3, -0.25) is 9.69 Å². The van der Waals surface area contributed by atoms with Crippen LogP contribution in [0.4, 0.5) is 5.69 Å². The van der Waals surface area contributed by atoms with Crippen LogP contribution in [0.25, 0.3) is 0 Å². The summed E-state index contributed by atoms with van der Waals surface area (Å²) >= 11 is 0. The Bertz CT molecular complexity index is 723. The zero-order valence-corrected chi connectivity index (χ0v) is 16.3. The second kappa shape index (κ2) is 7.82. The van der Waals surface area contributed by atoms with Crippen LogP contribution < -0.4 is 5.32 Å². The molecule has 140 valence electrons. The Kier molecular flexibility index (Phi) is 6.21. The summed E-state index contributed by atoms with van der Waals surface area (Å²) in [5.74, 6) is -0.163. The van der Waals surface area contributed by atoms with Crippen molar-refractivity contribution >= 4 is 21.6 Å². The molecule has 1 aromatic rings. The highest BCUT2D eigenvalue weighted by molar-refractivity contribution is 7.89. The fourth-order valence-corrected chi connectivity index (χ4v) is 3.84. The topological polar surface area (TPSA) is 79.0 Å². The number of amides is 1. The third-order valence-corrected chi connectivity index (χ3v) is 5.94. The van der Waals surface area contributed by atoms with Crippen molar-refractivity contribution in [1.29, 1.82) is 0 Å². The monoisotopic (exact) mass is 369 g/mol. The van der Waals surface area contributed by atoms with E-state index in [1.165, 1.54) is 20.2 Å². The molecule has 25 heavy (non-hydrogen) atoms. The highest BCUT2D eigenvalue weighted by Crippen LogP contribution is 2.22. The number of carbonyl (C=O) groups excluding carboxylic acids is 1. The Balaban J connectivity index is 2.10. The van der Waals surface area contributed by atoms with Gasteiger partial charge in [0.1, 0.15) is 0 Å². The molecule has 1 amide bonds. The molecule has 2 atom stereocenters. The zero-order valence-electron chi connectivity index (χ0n) is 15.4. The maximum absolute atomic E-state index is 12.4. The summed E-state index contributed by atoms with van der Waals surface area (Å²) in [6.07, 6.45) is 0.179. The molecule has 0 unspecified atom stereocenters. The van der Waals surface area contributed by atoms with Crippen molar-refractivity contribution in [3.8, 4) is 0 Å². The lowest BCUT2D eigenvalue weighted by atomic mass is 10.2. The lowest BCUT2D eigenvalue weighted by Crippen LogP contribution is -2.48. The number of carbonyl (C=O) groups is 1. The summed E-state index contributed by atoms with van der Waals surface area (Å²) in [4.78, 5) is 14.6. The molecule has 2 rings (SSSR count). The summed E-state index contributed by atoms with van der Waals surface area (Å²) < 4.78 is 31.3. The van der Waals surface area contributed by atoms with Gasteiger partial charge in [0.05, 0.1) is 23.6 Å². The van der Waals surface area contributed by atoms with Crippen LogP contribution in [-0.4, -0.2) is 69.5 Å². The van der Waals surface area contributed by atoms with E-state index in [1.54, 1.807) is 12.1 Å². The van der Waals surface area contributed by atoms with E-state index < -0.39 is 10.0 Å². The predicted molar refractivity (Wildman–Crippen MR) is 97.1 cm³/mol. The Labute approximate surface area is 150 Å². The van der Waals surface area contributed by atoms with Crippen molar-refractivity contribution in [2.75, 3.05) is 39.0 Å². The standard InChI is InChI=1S/C17H27N3O4S/c1-12-6-7-15(25(22,23)19(4)5)8-16(12)18-17(21)11-20-9-13(2)24-14(3)10-20/h6-8,13-14H,9-11H2,1-5H3,(H,18,21)/t13-,14-/m1/s1. The number of ether oxygens (including phenoxy) is 1. The van der Waals surface area contributed by atoms with Gasteiger partial charge in [0.15, 0.2) is 0 Å². The molecule has 8 heteroatoms. The number of sulfonamides is 1. The van der Waals surface area contributed by atoms with E-state index >= 15 is 0 Å². The number of hydrogen-bond acceptors (Lipinski definition) is 5. The fraction of sp³-hybridized carbons (Fsp3) is 0.588. The van der Waals surface area contributed by atoms with E-state index in [2.05, 4.69) is 5.32 Å². The number of rotatable bonds is 5. The minimum Gasteiger partial charge on any atom is -0.373 e. The van der Waals surface area contributed by atoms with Gasteiger partial charge < -0.3 is 10.1 Å². The molecule has 1 fully saturated rings. The summed E-state index contributed by atoms with van der Waals surface area (Å²) in [6.45, 7) is 7.46. The first kappa shape index (κ1) is 19.8. The van der Waals surface area contributed by atoms with Gasteiger partial charge in [-0.05, 0) is 38.5 Å². The van der Waals surface area contributed by atoms with Gasteiger partial charge in [-0.25, -0.2) is 12.7 Å². The number of morpholine rings is 1. The molecular weight excluding hydrogens is 342 g/mol. The molecule has 0 saturated carbocycles. The first-order valence-corrected chi connectivity index (χ1v) is 9.74. The molecule has 7 nitrogen and oxygen atoms in total. The van der Waals surface area contributed by atoms with E-state index in [4.69, 9.17) is 4.74 Å². The van der Waals surface area contributed by atoms with Gasteiger partial charge in [0.2, 0.25) is 15.9 Å². The molecule has 0 spiro atoms. The summed E-state index contributed by atoms with van der Waals surface area (Å²) in [6, 6.07) is 4.75. The Morgan fingerprint density at radius 3 is 2.44 bits per heavy atom. The fourth-order valence-electron chi connectivity index (χ4n) is 2.91. The Morgan fingerprint density at radius 1 is 1.28 bits per heavy atom. The summed E-state index contributed by atoms with van der Waals surface area (Å²) in [5, 5.41) is 2.83. The van der Waals surface area contributed by atoms with Gasteiger partial charge in [0, 0.05) is 32.9 Å². The number of nitrogens with zero attached hydrogens (tertiary/aromatic N) is 2. The highest BCUT2D eigenvalue weighted by Gasteiger charge is 2.24. The highest BCUT2D eigenvalue weighted by atomic mass is 32.2. The first-order valence-electron chi connectivity index (χ1n) is 8.30. The maximum Gasteiger partial charge on any atom is 0.242 e. The number of anilines is 1. The van der Waals surface area contributed by atoms with Crippen molar-refractivity contribution in [2.24, 2.45) is 0 Å². The van der Waals surface area contributed by atoms with Crippen LogP contribution >= 0.6 is 0 Å². The number of aryl methyl sites for hydroxylation is 1. The van der Waals surface area contributed by atoms with E-state index in [0.29, 0.717) is 18.8 Å². The smallest absolute Gasteiger partial charge is 0.242 e. The van der Waals surface area contributed by atoms with Gasteiger partial charge >= 0.3 is 0 Å². The number of benzene rings is 1. The maximum atomic E-state index is 12.4. The quantitative estimate of drug-likeness (QED) is 0.846. The van der Waals surface area contributed by atoms with Crippen LogP contribution in [0.1, 0.15) is 19.4 Å². The molecule has 1 heterocycles. The number of nitrogens with one attached hydrogen (secondary N) is 1. The van der Waals surface area contributed by atoms with E-state index in [1.807, 2.05) is 25.7 Å². The minimum absolute atomic E-state index is 0.0897. The van der Waals surface area contributed by atoms with Crippen LogP contribution in [0.15, 0.2) is 23.1 Å². The normalized spacial score (nSPS) is 22.2. The van der Waals surface area contributed by atoms with E-state index in [9.17, 15) is 13.2 Å². The van der Waals surface area contributed by atoms with Crippen LogP contribution in [0.2, 0.25) is 0 Å². The van der Waals surface area contributed by atoms with E-state index in [0.717, 1.165) is 9.87 Å². The molecule has 1 saturated heterocycles. The molecule has 0 aromatic heterocycles. The van der Waals surface area contributed by atoms with Crippen molar-refractivity contribution in [3.05, 3.63) is 23.8 Å². The molecule has 1 aliphatic rings. The van der Waals surface area contributed by atoms with Gasteiger partial charge in [-0.1, -0.05) is 6.07 Å². The molecule has 0 bridgehead atoms. The Hall–Kier alpha value is -1.48. The van der Waals surface area contributed by atoms with Crippen molar-refractivity contribution < 1.29 is 17.9 Å². The molecule has 0 aliphatic carbocycles. The third kappa shape index (κ3) is 5.01. The van der Waals surface area contributed by atoms with E-state index in [-0.39, 0.29) is 29.6 Å². The van der Waals surface area contributed by atoms with Crippen LogP contribution in [0.3, 0.4) is 0 Å². The molecule has 1 N–H and O–H groups in total. The van der Waals surface area contributed by atoms with Gasteiger partial charge in [-0.15, -0.1) is 0 Å². The molecule has 1 aromatic carbocycles. The third-order valence-electron chi connectivity index (χ3n) is 4.12. The largest absolute Gasteiger partial charge is 0.373 e. The van der Waals surface area contributed by atoms with Crippen LogP contribution in [0.5, 0.6) is 0 Å². The second-order valence-electron chi connectivity index (χ2n) is 6.76. The summed E-state index contributed by atoms with van der Waals surface area (Å²) in [5.41, 5.74) is 1.33. The van der Waals surface area contributed by atoms with Crippen LogP contribution in [0, 0.1) is 6.92 Å². The molecule has 1 aliphatic heterocycles. The minimum atomic E-state index is -3.54. The van der Waals surface area contributed by atoms with Crippen molar-refractivity contribution in [1.82, 2.24) is 9.21 Å². The molecule has 0 radical (unpaired) electrons. The predicted octanol–water partition coefficient (Wildman–Crippen LogP) is 1.29.